The quantitative estimate of drug-likeness (QED) is 0.299. The molecule has 2 heterocycles. The summed E-state index contributed by atoms with van der Waals surface area (Å²) in [5, 5.41) is 16.8. The van der Waals surface area contributed by atoms with Gasteiger partial charge in [0.05, 0.1) is 21.7 Å². The van der Waals surface area contributed by atoms with Crippen LogP contribution in [0.5, 0.6) is 0 Å². The highest BCUT2D eigenvalue weighted by atomic mass is 32.2. The number of hydrogen-bond donors (Lipinski definition) is 1. The molecule has 0 spiro atoms. The molecular formula is C18H15N5O7S2. The van der Waals surface area contributed by atoms with E-state index in [1.807, 2.05) is 0 Å². The molecule has 0 aliphatic heterocycles. The monoisotopic (exact) mass is 477 g/mol. The maximum absolute atomic E-state index is 12.3. The van der Waals surface area contributed by atoms with Gasteiger partial charge in [0.1, 0.15) is 17.3 Å². The topological polar surface area (TPSA) is 167 Å². The minimum Gasteiger partial charge on any atom is -0.360 e. The van der Waals surface area contributed by atoms with Crippen LogP contribution in [0.3, 0.4) is 0 Å². The van der Waals surface area contributed by atoms with E-state index in [1.54, 1.807) is 6.92 Å². The number of thiazole rings is 1. The van der Waals surface area contributed by atoms with Crippen molar-refractivity contribution in [3.05, 3.63) is 44.9 Å². The van der Waals surface area contributed by atoms with Gasteiger partial charge in [0.25, 0.3) is 11.6 Å². The van der Waals surface area contributed by atoms with E-state index >= 15 is 0 Å². The molecule has 3 aromatic rings. The van der Waals surface area contributed by atoms with Crippen LogP contribution < -0.4 is 10.1 Å². The molecule has 14 heteroatoms. The van der Waals surface area contributed by atoms with Gasteiger partial charge in [0.15, 0.2) is 20.5 Å². The van der Waals surface area contributed by atoms with Gasteiger partial charge in [-0.15, -0.1) is 6.42 Å². The van der Waals surface area contributed by atoms with Crippen LogP contribution in [0.4, 0.5) is 11.5 Å². The number of sulfone groups is 1. The lowest BCUT2D eigenvalue weighted by Gasteiger charge is -2.02. The van der Waals surface area contributed by atoms with Crippen molar-refractivity contribution < 1.29 is 27.5 Å². The number of carbonyl (C=O) groups is 2. The number of nitro benzene ring substituents is 1. The number of terminal acetylenes is 1. The van der Waals surface area contributed by atoms with Crippen LogP contribution in [0.25, 0.3) is 10.2 Å². The van der Waals surface area contributed by atoms with E-state index < -0.39 is 38.1 Å². The normalized spacial score (nSPS) is 11.9. The maximum atomic E-state index is 12.3. The number of fused-ring (bicyclic) bond motifs is 1. The molecule has 2 aromatic heterocycles. The summed E-state index contributed by atoms with van der Waals surface area (Å²) in [7, 11) is -4.13. The fraction of sp³-hybridized carbons (Fsp3) is 0.222. The Morgan fingerprint density at radius 2 is 2.12 bits per heavy atom. The van der Waals surface area contributed by atoms with Gasteiger partial charge in [-0.2, -0.15) is 4.99 Å². The molecule has 0 saturated carbocycles. The largest absolute Gasteiger partial charge is 0.360 e. The molecule has 0 aliphatic carbocycles. The second kappa shape index (κ2) is 9.12. The first kappa shape index (κ1) is 22.8. The fourth-order valence-corrected chi connectivity index (χ4v) is 4.78. The van der Waals surface area contributed by atoms with E-state index in [1.165, 1.54) is 28.8 Å². The Morgan fingerprint density at radius 1 is 1.38 bits per heavy atom. The standard InChI is InChI=1S/C18H15N5O7S2/c1-3-6-22-13-5-4-12(23(26)27)8-14(13)31-18(22)20-17(25)10-32(28,29)9-16(24)19-15-7-11(2)30-21-15/h1,4-5,7-8H,6,9-10H2,2H3,(H,19,21,24). The Hall–Kier alpha value is -3.83. The van der Waals surface area contributed by atoms with Crippen molar-refractivity contribution in [3.8, 4) is 12.3 Å². The summed E-state index contributed by atoms with van der Waals surface area (Å²) in [5.74, 6) is -1.00. The smallest absolute Gasteiger partial charge is 0.270 e. The van der Waals surface area contributed by atoms with E-state index in [-0.39, 0.29) is 22.9 Å². The van der Waals surface area contributed by atoms with E-state index in [2.05, 4.69) is 21.4 Å². The predicted molar refractivity (Wildman–Crippen MR) is 114 cm³/mol. The molecule has 32 heavy (non-hydrogen) atoms. The molecule has 1 aromatic carbocycles. The van der Waals surface area contributed by atoms with Crippen LogP contribution in [0.15, 0.2) is 33.8 Å². The van der Waals surface area contributed by atoms with Crippen molar-refractivity contribution in [1.82, 2.24) is 9.72 Å². The zero-order valence-electron chi connectivity index (χ0n) is 16.5. The summed E-state index contributed by atoms with van der Waals surface area (Å²) >= 11 is 0.950. The van der Waals surface area contributed by atoms with Crippen molar-refractivity contribution >= 4 is 54.7 Å². The van der Waals surface area contributed by atoms with E-state index in [9.17, 15) is 28.1 Å². The second-order valence-electron chi connectivity index (χ2n) is 6.49. The van der Waals surface area contributed by atoms with Gasteiger partial charge in [-0.05, 0) is 13.0 Å². The Bertz CT molecular complexity index is 1440. The van der Waals surface area contributed by atoms with Gasteiger partial charge in [-0.25, -0.2) is 8.42 Å². The number of non-ortho nitro benzene ring substituents is 1. The molecule has 12 nitrogen and oxygen atoms in total. The number of anilines is 1. The summed E-state index contributed by atoms with van der Waals surface area (Å²) in [6, 6.07) is 5.47. The summed E-state index contributed by atoms with van der Waals surface area (Å²) < 4.78 is 31.2. The van der Waals surface area contributed by atoms with Crippen LogP contribution >= 0.6 is 11.3 Å². The lowest BCUT2D eigenvalue weighted by Crippen LogP contribution is -2.28. The predicted octanol–water partition coefficient (Wildman–Crippen LogP) is 1.02. The summed E-state index contributed by atoms with van der Waals surface area (Å²) in [4.78, 5) is 38.5. The van der Waals surface area contributed by atoms with E-state index in [4.69, 9.17) is 10.9 Å². The van der Waals surface area contributed by atoms with Gasteiger partial charge in [0.2, 0.25) is 5.91 Å². The van der Waals surface area contributed by atoms with Crippen molar-refractivity contribution in [3.63, 3.8) is 0 Å². The number of aryl methyl sites for hydroxylation is 1. The number of aromatic nitrogens is 2. The molecule has 0 unspecified atom stereocenters. The van der Waals surface area contributed by atoms with Gasteiger partial charge in [0, 0.05) is 18.2 Å². The third-order valence-corrected chi connectivity index (χ3v) is 6.37. The van der Waals surface area contributed by atoms with Gasteiger partial charge in [-0.3, -0.25) is 19.7 Å². The van der Waals surface area contributed by atoms with Crippen molar-refractivity contribution in [1.29, 1.82) is 0 Å². The van der Waals surface area contributed by atoms with Gasteiger partial charge >= 0.3 is 0 Å². The number of benzene rings is 1. The molecule has 0 atom stereocenters. The Kier molecular flexibility index (Phi) is 6.51. The molecule has 0 bridgehead atoms. The Balaban J connectivity index is 1.81. The van der Waals surface area contributed by atoms with Gasteiger partial charge < -0.3 is 14.4 Å². The highest BCUT2D eigenvalue weighted by molar-refractivity contribution is 7.92. The average Bonchev–Trinajstić information content (AvgIpc) is 3.23. The van der Waals surface area contributed by atoms with Crippen molar-refractivity contribution in [2.75, 3.05) is 16.8 Å². The zero-order chi connectivity index (χ0) is 23.5. The maximum Gasteiger partial charge on any atom is 0.270 e. The number of nitrogens with one attached hydrogen (secondary N) is 1. The lowest BCUT2D eigenvalue weighted by atomic mass is 10.3. The minimum absolute atomic E-state index is 0.0101. The fourth-order valence-electron chi connectivity index (χ4n) is 2.69. The van der Waals surface area contributed by atoms with Gasteiger partial charge in [-0.1, -0.05) is 22.4 Å². The number of carbonyl (C=O) groups excluding carboxylic acids is 2. The number of amides is 2. The first-order chi connectivity index (χ1) is 15.1. The first-order valence-electron chi connectivity index (χ1n) is 8.80. The van der Waals surface area contributed by atoms with Crippen LogP contribution in [0.1, 0.15) is 5.76 Å². The molecule has 0 fully saturated rings. The SMILES string of the molecule is C#CCn1c(=NC(=O)CS(=O)(=O)CC(=O)Nc2cc(C)on2)sc2cc([N+](=O)[O-])ccc21. The van der Waals surface area contributed by atoms with Crippen molar-refractivity contribution in [2.24, 2.45) is 4.99 Å². The van der Waals surface area contributed by atoms with E-state index in [0.29, 0.717) is 16.0 Å². The number of hydrogen-bond acceptors (Lipinski definition) is 9. The number of nitro groups is 1. The third kappa shape index (κ3) is 5.45. The molecule has 0 saturated heterocycles. The molecular weight excluding hydrogens is 462 g/mol. The summed E-state index contributed by atoms with van der Waals surface area (Å²) in [6.07, 6.45) is 5.36. The second-order valence-corrected chi connectivity index (χ2v) is 9.57. The van der Waals surface area contributed by atoms with Crippen LogP contribution in [-0.2, 0) is 26.0 Å². The minimum atomic E-state index is -4.13. The van der Waals surface area contributed by atoms with E-state index in [0.717, 1.165) is 11.3 Å². The summed E-state index contributed by atoms with van der Waals surface area (Å²) in [6.45, 7) is 1.61. The number of rotatable bonds is 7. The average molecular weight is 477 g/mol. The molecule has 0 radical (unpaired) electrons. The Labute approximate surface area is 184 Å². The highest BCUT2D eigenvalue weighted by Gasteiger charge is 2.22. The lowest BCUT2D eigenvalue weighted by molar-refractivity contribution is -0.384. The highest BCUT2D eigenvalue weighted by Crippen LogP contribution is 2.23. The molecule has 2 amide bonds. The first-order valence-corrected chi connectivity index (χ1v) is 11.4. The molecule has 3 rings (SSSR count). The summed E-state index contributed by atoms with van der Waals surface area (Å²) in [5.41, 5.74) is 0.357. The Morgan fingerprint density at radius 3 is 2.75 bits per heavy atom. The van der Waals surface area contributed by atoms with Crippen LogP contribution in [0, 0.1) is 29.4 Å². The molecule has 166 valence electrons. The van der Waals surface area contributed by atoms with Crippen LogP contribution in [0.2, 0.25) is 0 Å². The van der Waals surface area contributed by atoms with Crippen molar-refractivity contribution in [2.45, 2.75) is 13.5 Å². The zero-order valence-corrected chi connectivity index (χ0v) is 18.1. The molecule has 0 aliphatic rings. The third-order valence-electron chi connectivity index (χ3n) is 3.94. The molecule has 1 N–H and O–H groups in total. The van der Waals surface area contributed by atoms with Crippen LogP contribution in [-0.4, -0.2) is 46.4 Å². The number of nitrogens with zero attached hydrogens (tertiary/aromatic N) is 4.